The average molecular weight is 368 g/mol. The molecule has 1 N–H and O–H groups in total. The lowest BCUT2D eigenvalue weighted by atomic mass is 10.2. The number of halogens is 2. The second-order valence-electron chi connectivity index (χ2n) is 4.81. The highest BCUT2D eigenvalue weighted by atomic mass is 79.9. The third-order valence-corrected chi connectivity index (χ3v) is 4.34. The molecule has 0 saturated carbocycles. The Labute approximate surface area is 140 Å². The van der Waals surface area contributed by atoms with Gasteiger partial charge in [-0.1, -0.05) is 33.6 Å². The fourth-order valence-electron chi connectivity index (χ4n) is 2.24. The highest BCUT2D eigenvalue weighted by Gasteiger charge is 2.03. The highest BCUT2D eigenvalue weighted by molar-refractivity contribution is 9.10. The largest absolute Gasteiger partial charge is 0.381 e. The van der Waals surface area contributed by atoms with Crippen molar-refractivity contribution in [3.63, 3.8) is 0 Å². The van der Waals surface area contributed by atoms with Crippen LogP contribution in [0.4, 0.5) is 11.4 Å². The van der Waals surface area contributed by atoms with Gasteiger partial charge in [0.2, 0.25) is 0 Å². The summed E-state index contributed by atoms with van der Waals surface area (Å²) in [6.07, 6.45) is 0. The molecule has 21 heavy (non-hydrogen) atoms. The second-order valence-corrected chi connectivity index (χ2v) is 6.13. The number of hydrogen-bond acceptors (Lipinski definition) is 2. The van der Waals surface area contributed by atoms with Gasteiger partial charge in [-0.3, -0.25) is 0 Å². The molecule has 0 heterocycles. The fraction of sp³-hybridized carbons (Fsp3) is 0.294. The van der Waals surface area contributed by atoms with Crippen molar-refractivity contribution in [2.75, 3.05) is 23.3 Å². The summed E-state index contributed by atoms with van der Waals surface area (Å²) in [5.41, 5.74) is 3.45. The number of benzene rings is 2. The molecule has 0 fully saturated rings. The van der Waals surface area contributed by atoms with Crippen LogP contribution >= 0.6 is 27.5 Å². The molecule has 0 saturated heterocycles. The summed E-state index contributed by atoms with van der Waals surface area (Å²) in [7, 11) is 0. The van der Waals surface area contributed by atoms with Crippen molar-refractivity contribution in [2.45, 2.75) is 20.4 Å². The van der Waals surface area contributed by atoms with Crippen molar-refractivity contribution >= 4 is 38.9 Å². The van der Waals surface area contributed by atoms with Crippen molar-refractivity contribution in [3.05, 3.63) is 57.5 Å². The molecule has 0 aliphatic carbocycles. The molecule has 4 heteroatoms. The predicted octanol–water partition coefficient (Wildman–Crippen LogP) is 5.56. The Kier molecular flexibility index (Phi) is 5.95. The molecule has 0 amide bonds. The summed E-state index contributed by atoms with van der Waals surface area (Å²) in [5, 5.41) is 4.18. The molecule has 0 aliphatic rings. The fourth-order valence-corrected chi connectivity index (χ4v) is 2.98. The number of anilines is 2. The van der Waals surface area contributed by atoms with Gasteiger partial charge in [0.25, 0.3) is 0 Å². The Hall–Kier alpha value is -1.19. The van der Waals surface area contributed by atoms with E-state index in [1.165, 1.54) is 5.69 Å². The van der Waals surface area contributed by atoms with E-state index in [1.807, 2.05) is 18.2 Å². The van der Waals surface area contributed by atoms with Crippen LogP contribution in [0.1, 0.15) is 19.4 Å². The lowest BCUT2D eigenvalue weighted by Gasteiger charge is -2.21. The number of nitrogens with zero attached hydrogens (tertiary/aromatic N) is 1. The van der Waals surface area contributed by atoms with Crippen LogP contribution in [0.5, 0.6) is 0 Å². The van der Waals surface area contributed by atoms with Crippen LogP contribution in [0.2, 0.25) is 5.02 Å². The molecule has 2 nitrogen and oxygen atoms in total. The average Bonchev–Trinajstić information content (AvgIpc) is 2.49. The van der Waals surface area contributed by atoms with Gasteiger partial charge in [-0.2, -0.15) is 0 Å². The van der Waals surface area contributed by atoms with E-state index >= 15 is 0 Å². The minimum Gasteiger partial charge on any atom is -0.381 e. The van der Waals surface area contributed by atoms with E-state index in [0.29, 0.717) is 0 Å². The molecule has 0 atom stereocenters. The first-order chi connectivity index (χ1) is 10.1. The molecule has 2 aromatic rings. The normalized spacial score (nSPS) is 10.5. The maximum Gasteiger partial charge on any atom is 0.0467 e. The molecule has 2 rings (SSSR count). The molecule has 2 aromatic carbocycles. The first-order valence-corrected chi connectivity index (χ1v) is 8.34. The van der Waals surface area contributed by atoms with Gasteiger partial charge < -0.3 is 10.2 Å². The summed E-state index contributed by atoms with van der Waals surface area (Å²) < 4.78 is 1.000. The van der Waals surface area contributed by atoms with Crippen LogP contribution in [0.15, 0.2) is 46.9 Å². The lowest BCUT2D eigenvalue weighted by Crippen LogP contribution is -2.21. The third kappa shape index (κ3) is 4.39. The minimum atomic E-state index is 0.719. The van der Waals surface area contributed by atoms with Gasteiger partial charge in [-0.15, -0.1) is 0 Å². The van der Waals surface area contributed by atoms with Gasteiger partial charge >= 0.3 is 0 Å². The van der Waals surface area contributed by atoms with Gasteiger partial charge in [-0.25, -0.2) is 0 Å². The first kappa shape index (κ1) is 16.2. The Bertz CT molecular complexity index is 580. The van der Waals surface area contributed by atoms with E-state index < -0.39 is 0 Å². The van der Waals surface area contributed by atoms with Gasteiger partial charge in [0, 0.05) is 40.5 Å². The van der Waals surface area contributed by atoms with Gasteiger partial charge in [-0.05, 0) is 55.8 Å². The zero-order chi connectivity index (χ0) is 15.2. The highest BCUT2D eigenvalue weighted by Crippen LogP contribution is 2.23. The van der Waals surface area contributed by atoms with Crippen molar-refractivity contribution in [2.24, 2.45) is 0 Å². The molecule has 112 valence electrons. The zero-order valence-electron chi connectivity index (χ0n) is 12.4. The lowest BCUT2D eigenvalue weighted by molar-refractivity contribution is 0.866. The Morgan fingerprint density at radius 3 is 2.29 bits per heavy atom. The van der Waals surface area contributed by atoms with Gasteiger partial charge in [0.15, 0.2) is 0 Å². The summed E-state index contributed by atoms with van der Waals surface area (Å²) in [6, 6.07) is 14.5. The Morgan fingerprint density at radius 1 is 1.05 bits per heavy atom. The zero-order valence-corrected chi connectivity index (χ0v) is 14.7. The summed E-state index contributed by atoms with van der Waals surface area (Å²) >= 11 is 9.64. The van der Waals surface area contributed by atoms with E-state index in [-0.39, 0.29) is 0 Å². The van der Waals surface area contributed by atoms with E-state index in [0.717, 1.165) is 40.4 Å². The maximum absolute atomic E-state index is 6.22. The van der Waals surface area contributed by atoms with Crippen LogP contribution in [-0.4, -0.2) is 13.1 Å². The molecular formula is C17H20BrClN2. The third-order valence-electron chi connectivity index (χ3n) is 3.49. The predicted molar refractivity (Wildman–Crippen MR) is 96.5 cm³/mol. The SMILES string of the molecule is CCN(CC)c1ccc(NCc2ccc(Br)cc2Cl)cc1. The standard InChI is InChI=1S/C17H20BrClN2/c1-3-21(4-2)16-9-7-15(8-10-16)20-12-13-5-6-14(18)11-17(13)19/h5-11,20H,3-4,12H2,1-2H3. The van der Waals surface area contributed by atoms with Crippen LogP contribution in [0.25, 0.3) is 0 Å². The van der Waals surface area contributed by atoms with E-state index in [4.69, 9.17) is 11.6 Å². The van der Waals surface area contributed by atoms with Crippen LogP contribution < -0.4 is 10.2 Å². The quantitative estimate of drug-likeness (QED) is 0.719. The van der Waals surface area contributed by atoms with Crippen molar-refractivity contribution in [3.8, 4) is 0 Å². The molecule has 0 spiro atoms. The van der Waals surface area contributed by atoms with Gasteiger partial charge in [0.05, 0.1) is 0 Å². The molecule has 0 aromatic heterocycles. The van der Waals surface area contributed by atoms with Crippen molar-refractivity contribution in [1.82, 2.24) is 0 Å². The molecular weight excluding hydrogens is 348 g/mol. The van der Waals surface area contributed by atoms with E-state index in [1.54, 1.807) is 0 Å². The summed E-state index contributed by atoms with van der Waals surface area (Å²) in [6.45, 7) is 7.11. The first-order valence-electron chi connectivity index (χ1n) is 7.16. The Balaban J connectivity index is 2.00. The Morgan fingerprint density at radius 2 is 1.71 bits per heavy atom. The van der Waals surface area contributed by atoms with Crippen molar-refractivity contribution < 1.29 is 0 Å². The monoisotopic (exact) mass is 366 g/mol. The molecule has 0 unspecified atom stereocenters. The van der Waals surface area contributed by atoms with E-state index in [2.05, 4.69) is 64.3 Å². The summed E-state index contributed by atoms with van der Waals surface area (Å²) in [4.78, 5) is 2.33. The number of nitrogens with one attached hydrogen (secondary N) is 1. The maximum atomic E-state index is 6.22. The van der Waals surface area contributed by atoms with E-state index in [9.17, 15) is 0 Å². The minimum absolute atomic E-state index is 0.719. The number of rotatable bonds is 6. The van der Waals surface area contributed by atoms with Crippen molar-refractivity contribution in [1.29, 1.82) is 0 Å². The molecule has 0 radical (unpaired) electrons. The topological polar surface area (TPSA) is 15.3 Å². The van der Waals surface area contributed by atoms with Crippen LogP contribution in [0, 0.1) is 0 Å². The van der Waals surface area contributed by atoms with Gasteiger partial charge in [0.1, 0.15) is 0 Å². The summed E-state index contributed by atoms with van der Waals surface area (Å²) in [5.74, 6) is 0. The van der Waals surface area contributed by atoms with Crippen LogP contribution in [0.3, 0.4) is 0 Å². The smallest absolute Gasteiger partial charge is 0.0467 e. The molecule has 0 bridgehead atoms. The van der Waals surface area contributed by atoms with Crippen LogP contribution in [-0.2, 0) is 6.54 Å². The number of hydrogen-bond donors (Lipinski definition) is 1. The molecule has 0 aliphatic heterocycles. The second kappa shape index (κ2) is 7.71.